The van der Waals surface area contributed by atoms with Gasteiger partial charge in [-0.1, -0.05) is 0 Å². The molecule has 0 atom stereocenters. The van der Waals surface area contributed by atoms with Gasteiger partial charge in [-0.15, -0.1) is 0 Å². The van der Waals surface area contributed by atoms with Crippen molar-refractivity contribution in [1.29, 1.82) is 5.26 Å². The number of carboxylic acids is 1. The molecule has 0 unspecified atom stereocenters. The van der Waals surface area contributed by atoms with Crippen LogP contribution in [-0.2, 0) is 4.79 Å². The second kappa shape index (κ2) is 5.54. The van der Waals surface area contributed by atoms with Gasteiger partial charge in [-0.3, -0.25) is 4.79 Å². The Morgan fingerprint density at radius 3 is 2.87 bits per heavy atom. The average Bonchev–Trinajstić information content (AvgIpc) is 2.25. The Morgan fingerprint density at radius 1 is 1.53 bits per heavy atom. The third-order valence-electron chi connectivity index (χ3n) is 1.64. The van der Waals surface area contributed by atoms with E-state index in [4.69, 9.17) is 10.4 Å². The van der Waals surface area contributed by atoms with E-state index >= 15 is 0 Å². The molecule has 0 bridgehead atoms. The highest BCUT2D eigenvalue weighted by molar-refractivity contribution is 5.66. The number of aromatic nitrogens is 2. The largest absolute Gasteiger partial charge is 0.481 e. The molecule has 0 aliphatic carbocycles. The van der Waals surface area contributed by atoms with Crippen molar-refractivity contribution in [2.45, 2.75) is 12.8 Å². The quantitative estimate of drug-likeness (QED) is 0.685. The minimum atomic E-state index is -0.817. The molecule has 2 N–H and O–H groups in total. The summed E-state index contributed by atoms with van der Waals surface area (Å²) in [5.74, 6) is -0.276. The molecule has 0 saturated heterocycles. The first-order valence-corrected chi connectivity index (χ1v) is 4.40. The van der Waals surface area contributed by atoms with Crippen LogP contribution in [0.5, 0.6) is 0 Å². The fraction of sp³-hybridized carbons (Fsp3) is 0.333. The first-order valence-electron chi connectivity index (χ1n) is 4.40. The highest BCUT2D eigenvalue weighted by atomic mass is 16.4. The van der Waals surface area contributed by atoms with Crippen LogP contribution in [0.1, 0.15) is 18.5 Å². The summed E-state index contributed by atoms with van der Waals surface area (Å²) in [5.41, 5.74) is 0.256. The Balaban J connectivity index is 2.32. The summed E-state index contributed by atoms with van der Waals surface area (Å²) in [6, 6.07) is 1.86. The number of carboxylic acid groups (broad SMARTS) is 1. The molecule has 1 heterocycles. The Hall–Kier alpha value is -2.16. The van der Waals surface area contributed by atoms with Gasteiger partial charge < -0.3 is 10.4 Å². The fourth-order valence-electron chi connectivity index (χ4n) is 0.933. The summed E-state index contributed by atoms with van der Waals surface area (Å²) in [6.45, 7) is 0.521. The summed E-state index contributed by atoms with van der Waals surface area (Å²) in [5, 5.41) is 19.8. The number of carbonyl (C=O) groups is 1. The fourth-order valence-corrected chi connectivity index (χ4v) is 0.933. The van der Waals surface area contributed by atoms with E-state index in [0.29, 0.717) is 18.8 Å². The molecular weight excluding hydrogens is 196 g/mol. The van der Waals surface area contributed by atoms with Crippen LogP contribution in [0.4, 0.5) is 5.82 Å². The van der Waals surface area contributed by atoms with Gasteiger partial charge in [0.2, 0.25) is 0 Å². The standard InChI is InChI=1S/C9H10N4O2/c10-4-7-5-13-8(6-12-7)11-3-1-2-9(14)15/h5-6H,1-3H2,(H,11,13)(H,14,15). The number of nitrogens with one attached hydrogen (secondary N) is 1. The molecule has 6 heteroatoms. The van der Waals surface area contributed by atoms with Gasteiger partial charge in [0, 0.05) is 13.0 Å². The van der Waals surface area contributed by atoms with Crippen LogP contribution in [-0.4, -0.2) is 27.6 Å². The molecule has 0 aromatic carbocycles. The predicted octanol–water partition coefficient (Wildman–Crippen LogP) is 0.625. The van der Waals surface area contributed by atoms with E-state index in [1.54, 1.807) is 0 Å². The summed E-state index contributed by atoms with van der Waals surface area (Å²) < 4.78 is 0. The first-order chi connectivity index (χ1) is 7.22. The van der Waals surface area contributed by atoms with Crippen LogP contribution < -0.4 is 5.32 Å². The van der Waals surface area contributed by atoms with E-state index in [2.05, 4.69) is 15.3 Å². The van der Waals surface area contributed by atoms with Gasteiger partial charge in [-0.25, -0.2) is 9.97 Å². The van der Waals surface area contributed by atoms with Gasteiger partial charge in [0.05, 0.1) is 12.4 Å². The zero-order chi connectivity index (χ0) is 11.1. The van der Waals surface area contributed by atoms with Gasteiger partial charge >= 0.3 is 5.97 Å². The third kappa shape index (κ3) is 4.04. The highest BCUT2D eigenvalue weighted by Gasteiger charge is 1.98. The minimum Gasteiger partial charge on any atom is -0.481 e. The Bertz CT molecular complexity index is 369. The molecule has 0 spiro atoms. The highest BCUT2D eigenvalue weighted by Crippen LogP contribution is 2.00. The maximum atomic E-state index is 10.2. The van der Waals surface area contributed by atoms with Crippen molar-refractivity contribution in [3.63, 3.8) is 0 Å². The Labute approximate surface area is 86.6 Å². The number of hydrogen-bond donors (Lipinski definition) is 2. The number of anilines is 1. The van der Waals surface area contributed by atoms with E-state index in [1.165, 1.54) is 12.4 Å². The first kappa shape index (κ1) is 10.9. The molecule has 0 saturated carbocycles. The van der Waals surface area contributed by atoms with Crippen molar-refractivity contribution in [2.75, 3.05) is 11.9 Å². The van der Waals surface area contributed by atoms with Gasteiger partial charge in [0.25, 0.3) is 0 Å². The maximum Gasteiger partial charge on any atom is 0.303 e. The normalized spacial score (nSPS) is 9.27. The lowest BCUT2D eigenvalue weighted by Gasteiger charge is -2.02. The van der Waals surface area contributed by atoms with Crippen LogP contribution in [0.15, 0.2) is 12.4 Å². The SMILES string of the molecule is N#Cc1cnc(NCCCC(=O)O)cn1. The summed E-state index contributed by atoms with van der Waals surface area (Å²) in [6.07, 6.45) is 3.45. The molecule has 0 radical (unpaired) electrons. The number of hydrogen-bond acceptors (Lipinski definition) is 5. The van der Waals surface area contributed by atoms with Crippen LogP contribution in [0.2, 0.25) is 0 Å². The number of rotatable bonds is 5. The zero-order valence-electron chi connectivity index (χ0n) is 7.97. The number of nitriles is 1. The summed E-state index contributed by atoms with van der Waals surface area (Å²) in [7, 11) is 0. The second-order valence-corrected chi connectivity index (χ2v) is 2.82. The van der Waals surface area contributed by atoms with Crippen molar-refractivity contribution in [2.24, 2.45) is 0 Å². The van der Waals surface area contributed by atoms with E-state index in [-0.39, 0.29) is 12.1 Å². The van der Waals surface area contributed by atoms with E-state index in [9.17, 15) is 4.79 Å². The van der Waals surface area contributed by atoms with Gasteiger partial charge in [0.15, 0.2) is 5.69 Å². The molecule has 0 aliphatic heterocycles. The molecule has 0 amide bonds. The molecular formula is C9H10N4O2. The van der Waals surface area contributed by atoms with Crippen molar-refractivity contribution in [3.8, 4) is 6.07 Å². The van der Waals surface area contributed by atoms with Crippen LogP contribution in [0, 0.1) is 11.3 Å². The van der Waals surface area contributed by atoms with Gasteiger partial charge in [0.1, 0.15) is 11.9 Å². The van der Waals surface area contributed by atoms with Gasteiger partial charge in [-0.05, 0) is 6.42 Å². The monoisotopic (exact) mass is 206 g/mol. The van der Waals surface area contributed by atoms with Gasteiger partial charge in [-0.2, -0.15) is 5.26 Å². The second-order valence-electron chi connectivity index (χ2n) is 2.82. The third-order valence-corrected chi connectivity index (χ3v) is 1.64. The summed E-state index contributed by atoms with van der Waals surface area (Å²) >= 11 is 0. The van der Waals surface area contributed by atoms with Crippen LogP contribution in [0.25, 0.3) is 0 Å². The smallest absolute Gasteiger partial charge is 0.303 e. The van der Waals surface area contributed by atoms with Crippen LogP contribution >= 0.6 is 0 Å². The Kier molecular flexibility index (Phi) is 4.04. The van der Waals surface area contributed by atoms with Crippen molar-refractivity contribution in [3.05, 3.63) is 18.1 Å². The topological polar surface area (TPSA) is 98.9 Å². The molecule has 6 nitrogen and oxygen atoms in total. The molecule has 78 valence electrons. The summed E-state index contributed by atoms with van der Waals surface area (Å²) in [4.78, 5) is 17.9. The van der Waals surface area contributed by atoms with Crippen molar-refractivity contribution < 1.29 is 9.90 Å². The molecule has 15 heavy (non-hydrogen) atoms. The molecule has 1 aromatic heterocycles. The minimum absolute atomic E-state index is 0.122. The average molecular weight is 206 g/mol. The van der Waals surface area contributed by atoms with Crippen molar-refractivity contribution >= 4 is 11.8 Å². The number of aliphatic carboxylic acids is 1. The zero-order valence-corrected chi connectivity index (χ0v) is 7.97. The molecule has 0 aliphatic rings. The van der Waals surface area contributed by atoms with E-state index in [1.807, 2.05) is 6.07 Å². The Morgan fingerprint density at radius 2 is 2.33 bits per heavy atom. The maximum absolute atomic E-state index is 10.2. The lowest BCUT2D eigenvalue weighted by molar-refractivity contribution is -0.137. The molecule has 0 fully saturated rings. The molecule has 1 aromatic rings. The lowest BCUT2D eigenvalue weighted by Crippen LogP contribution is -2.06. The van der Waals surface area contributed by atoms with E-state index in [0.717, 1.165) is 0 Å². The van der Waals surface area contributed by atoms with Crippen molar-refractivity contribution in [1.82, 2.24) is 9.97 Å². The number of nitrogens with zero attached hydrogens (tertiary/aromatic N) is 3. The molecule has 1 rings (SSSR count). The predicted molar refractivity (Wildman–Crippen MR) is 52.1 cm³/mol. The van der Waals surface area contributed by atoms with E-state index < -0.39 is 5.97 Å². The van der Waals surface area contributed by atoms with Crippen LogP contribution in [0.3, 0.4) is 0 Å². The lowest BCUT2D eigenvalue weighted by atomic mass is 10.3.